The lowest BCUT2D eigenvalue weighted by Crippen LogP contribution is -2.44. The summed E-state index contributed by atoms with van der Waals surface area (Å²) in [5.74, 6) is 0. The summed E-state index contributed by atoms with van der Waals surface area (Å²) in [7, 11) is 0. The van der Waals surface area contributed by atoms with Gasteiger partial charge in [-0.25, -0.2) is 0 Å². The van der Waals surface area contributed by atoms with Crippen molar-refractivity contribution in [3.63, 3.8) is 0 Å². The van der Waals surface area contributed by atoms with Crippen LogP contribution in [-0.4, -0.2) is 16.5 Å². The molecule has 0 saturated carbocycles. The zero-order valence-electron chi connectivity index (χ0n) is 9.22. The topological polar surface area (TPSA) is 3.24 Å². The van der Waals surface area contributed by atoms with Gasteiger partial charge in [-0.3, -0.25) is 0 Å². The second-order valence-corrected chi connectivity index (χ2v) is 4.25. The highest BCUT2D eigenvalue weighted by atomic mass is 15.2. The molecule has 0 amide bonds. The fourth-order valence-electron chi connectivity index (χ4n) is 1.90. The van der Waals surface area contributed by atoms with Crippen LogP contribution >= 0.6 is 0 Å². The molecule has 12 heavy (non-hydrogen) atoms. The minimum absolute atomic E-state index is 0.255. The summed E-state index contributed by atoms with van der Waals surface area (Å²) in [6.07, 6.45) is 4.40. The van der Waals surface area contributed by atoms with E-state index in [1.165, 1.54) is 12.8 Å². The monoisotopic (exact) mass is 169 g/mol. The summed E-state index contributed by atoms with van der Waals surface area (Å²) in [6.45, 7) is 15.0. The Hall–Kier alpha value is -0.460. The zero-order chi connectivity index (χ0) is 9.78. The third kappa shape index (κ3) is 2.88. The van der Waals surface area contributed by atoms with Crippen LogP contribution in [0.15, 0.2) is 12.8 Å². The van der Waals surface area contributed by atoms with E-state index in [9.17, 15) is 0 Å². The quantitative estimate of drug-likeness (QED) is 0.609. The molecular formula is C11H23N. The smallest absolute Gasteiger partial charge is 0.0343 e. The molecule has 0 unspecified atom stereocenters. The second-order valence-electron chi connectivity index (χ2n) is 4.25. The zero-order valence-corrected chi connectivity index (χ0v) is 9.22. The van der Waals surface area contributed by atoms with Gasteiger partial charge in [0.1, 0.15) is 0 Å². The Morgan fingerprint density at radius 2 is 1.92 bits per heavy atom. The molecule has 0 aliphatic heterocycles. The Bertz CT molecular complexity index is 136. The fraction of sp³-hybridized carbons (Fsp3) is 0.818. The molecule has 0 radical (unpaired) electrons. The van der Waals surface area contributed by atoms with E-state index in [1.807, 2.05) is 6.20 Å². The predicted molar refractivity (Wildman–Crippen MR) is 56.2 cm³/mol. The Morgan fingerprint density at radius 1 is 1.42 bits per heavy atom. The molecule has 0 fully saturated rings. The van der Waals surface area contributed by atoms with Crippen LogP contribution < -0.4 is 0 Å². The third-order valence-electron chi connectivity index (χ3n) is 2.31. The van der Waals surface area contributed by atoms with E-state index in [4.69, 9.17) is 0 Å². The summed E-state index contributed by atoms with van der Waals surface area (Å²) in [6, 6.07) is 0.545. The van der Waals surface area contributed by atoms with Crippen LogP contribution in [0.2, 0.25) is 0 Å². The van der Waals surface area contributed by atoms with Crippen molar-refractivity contribution in [1.82, 2.24) is 4.90 Å². The molecule has 0 N–H and O–H groups in total. The summed E-state index contributed by atoms with van der Waals surface area (Å²) < 4.78 is 0. The van der Waals surface area contributed by atoms with Gasteiger partial charge in [0.2, 0.25) is 0 Å². The van der Waals surface area contributed by atoms with Crippen molar-refractivity contribution in [2.75, 3.05) is 0 Å². The van der Waals surface area contributed by atoms with Crippen molar-refractivity contribution in [1.29, 1.82) is 0 Å². The number of hydrogen-bond donors (Lipinski definition) is 0. The summed E-state index contributed by atoms with van der Waals surface area (Å²) in [5, 5.41) is 0. The van der Waals surface area contributed by atoms with Gasteiger partial charge >= 0.3 is 0 Å². The molecule has 1 heteroatoms. The summed E-state index contributed by atoms with van der Waals surface area (Å²) in [5.41, 5.74) is 0.255. The van der Waals surface area contributed by atoms with Gasteiger partial charge < -0.3 is 4.90 Å². The number of hydrogen-bond acceptors (Lipinski definition) is 1. The first-order chi connectivity index (χ1) is 5.45. The first-order valence-corrected chi connectivity index (χ1v) is 4.86. The van der Waals surface area contributed by atoms with Crippen LogP contribution in [0.4, 0.5) is 0 Å². The fourth-order valence-corrected chi connectivity index (χ4v) is 1.90. The third-order valence-corrected chi connectivity index (χ3v) is 2.31. The standard InChI is InChI=1S/C11H23N/c1-7-9-11(5,6)12(8-2)10(3)4/h8,10H,2,7,9H2,1,3-6H3. The van der Waals surface area contributed by atoms with Crippen molar-refractivity contribution in [3.8, 4) is 0 Å². The lowest BCUT2D eigenvalue weighted by molar-refractivity contribution is 0.136. The largest absolute Gasteiger partial charge is 0.371 e. The van der Waals surface area contributed by atoms with Gasteiger partial charge in [0, 0.05) is 11.6 Å². The molecule has 0 saturated heterocycles. The molecule has 0 rings (SSSR count). The van der Waals surface area contributed by atoms with Crippen molar-refractivity contribution >= 4 is 0 Å². The molecule has 0 aromatic rings. The van der Waals surface area contributed by atoms with Crippen LogP contribution in [-0.2, 0) is 0 Å². The minimum Gasteiger partial charge on any atom is -0.371 e. The van der Waals surface area contributed by atoms with Crippen LogP contribution in [0.3, 0.4) is 0 Å². The van der Waals surface area contributed by atoms with Crippen molar-refractivity contribution < 1.29 is 0 Å². The normalized spacial score (nSPS) is 11.8. The molecule has 0 aromatic carbocycles. The highest BCUT2D eigenvalue weighted by molar-refractivity contribution is 4.89. The number of rotatable bonds is 5. The maximum Gasteiger partial charge on any atom is 0.0343 e. The van der Waals surface area contributed by atoms with Gasteiger partial charge in [0.25, 0.3) is 0 Å². The SMILES string of the molecule is C=CN(C(C)C)C(C)(C)CCC. The summed E-state index contributed by atoms with van der Waals surface area (Å²) >= 11 is 0. The van der Waals surface area contributed by atoms with E-state index >= 15 is 0 Å². The maximum atomic E-state index is 3.86. The van der Waals surface area contributed by atoms with E-state index in [2.05, 4.69) is 46.1 Å². The molecule has 0 spiro atoms. The van der Waals surface area contributed by atoms with Gasteiger partial charge in [-0.15, -0.1) is 0 Å². The lowest BCUT2D eigenvalue weighted by Gasteiger charge is -2.41. The van der Waals surface area contributed by atoms with Crippen LogP contribution in [0.5, 0.6) is 0 Å². The molecule has 0 bridgehead atoms. The van der Waals surface area contributed by atoms with Crippen molar-refractivity contribution in [2.24, 2.45) is 0 Å². The highest BCUT2D eigenvalue weighted by Gasteiger charge is 2.24. The Kier molecular flexibility index (Phi) is 4.36. The van der Waals surface area contributed by atoms with Gasteiger partial charge in [-0.1, -0.05) is 19.9 Å². The van der Waals surface area contributed by atoms with E-state index < -0.39 is 0 Å². The minimum atomic E-state index is 0.255. The molecule has 0 heterocycles. The van der Waals surface area contributed by atoms with Gasteiger partial charge in [-0.2, -0.15) is 0 Å². The molecular weight excluding hydrogens is 146 g/mol. The van der Waals surface area contributed by atoms with Crippen molar-refractivity contribution in [2.45, 2.75) is 59.0 Å². The van der Waals surface area contributed by atoms with Crippen molar-refractivity contribution in [3.05, 3.63) is 12.8 Å². The van der Waals surface area contributed by atoms with E-state index in [1.54, 1.807) is 0 Å². The van der Waals surface area contributed by atoms with Gasteiger partial charge in [-0.05, 0) is 40.3 Å². The van der Waals surface area contributed by atoms with E-state index in [0.29, 0.717) is 6.04 Å². The van der Waals surface area contributed by atoms with Gasteiger partial charge in [0.15, 0.2) is 0 Å². The molecule has 72 valence electrons. The first-order valence-electron chi connectivity index (χ1n) is 4.86. The number of nitrogens with zero attached hydrogens (tertiary/aromatic N) is 1. The molecule has 0 atom stereocenters. The highest BCUT2D eigenvalue weighted by Crippen LogP contribution is 2.22. The second kappa shape index (κ2) is 4.54. The first kappa shape index (κ1) is 11.5. The molecule has 0 aliphatic rings. The Morgan fingerprint density at radius 3 is 2.17 bits per heavy atom. The average Bonchev–Trinajstić information content (AvgIpc) is 1.86. The van der Waals surface area contributed by atoms with Crippen LogP contribution in [0, 0.1) is 0 Å². The van der Waals surface area contributed by atoms with E-state index in [0.717, 1.165) is 0 Å². The maximum absolute atomic E-state index is 3.86. The average molecular weight is 169 g/mol. The van der Waals surface area contributed by atoms with Gasteiger partial charge in [0.05, 0.1) is 0 Å². The Labute approximate surface area is 77.5 Å². The predicted octanol–water partition coefficient (Wildman–Crippen LogP) is 3.42. The lowest BCUT2D eigenvalue weighted by atomic mass is 9.95. The molecule has 0 aromatic heterocycles. The van der Waals surface area contributed by atoms with Crippen LogP contribution in [0.25, 0.3) is 0 Å². The summed E-state index contributed by atoms with van der Waals surface area (Å²) in [4.78, 5) is 2.33. The molecule has 1 nitrogen and oxygen atoms in total. The Balaban J connectivity index is 4.35. The molecule has 0 aliphatic carbocycles. The van der Waals surface area contributed by atoms with Crippen LogP contribution in [0.1, 0.15) is 47.5 Å². The van der Waals surface area contributed by atoms with E-state index in [-0.39, 0.29) is 5.54 Å².